The molecule has 0 saturated carbocycles. The van der Waals surface area contributed by atoms with Gasteiger partial charge in [0, 0.05) is 16.5 Å². The Balaban J connectivity index is 1.71. The normalized spacial score (nSPS) is 11.6. The van der Waals surface area contributed by atoms with Crippen LogP contribution in [-0.2, 0) is 16.3 Å². The lowest BCUT2D eigenvalue weighted by molar-refractivity contribution is 0.510. The highest BCUT2D eigenvalue weighted by Gasteiger charge is 2.17. The van der Waals surface area contributed by atoms with Crippen molar-refractivity contribution >= 4 is 25.8 Å². The second kappa shape index (κ2) is 6.82. The molecule has 1 heterocycles. The van der Waals surface area contributed by atoms with E-state index >= 15 is 0 Å². The van der Waals surface area contributed by atoms with Crippen molar-refractivity contribution in [3.8, 4) is 11.5 Å². The smallest absolute Gasteiger partial charge is 0.247 e. The van der Waals surface area contributed by atoms with Gasteiger partial charge in [0.05, 0.1) is 10.6 Å². The fourth-order valence-electron chi connectivity index (χ4n) is 2.05. The van der Waals surface area contributed by atoms with E-state index in [-0.39, 0.29) is 34.7 Å². The van der Waals surface area contributed by atoms with Crippen LogP contribution in [0.1, 0.15) is 5.89 Å². The maximum Gasteiger partial charge on any atom is 0.247 e. The van der Waals surface area contributed by atoms with Gasteiger partial charge in [0.1, 0.15) is 5.82 Å². The topological polar surface area (TPSA) is 73.1 Å². The van der Waals surface area contributed by atoms with Crippen LogP contribution in [0.2, 0.25) is 0 Å². The molecule has 3 aromatic rings. The number of aryl methyl sites for hydroxylation is 1. The quantitative estimate of drug-likeness (QED) is 0.641. The molecule has 0 aliphatic heterocycles. The summed E-state index contributed by atoms with van der Waals surface area (Å²) in [6.45, 7) is 0. The molecule has 0 aliphatic carbocycles. The van der Waals surface area contributed by atoms with Crippen molar-refractivity contribution in [3.63, 3.8) is 0 Å². The highest BCUT2D eigenvalue weighted by molar-refractivity contribution is 9.10. The number of aromatic nitrogens is 2. The summed E-state index contributed by atoms with van der Waals surface area (Å²) in [4.78, 5) is 0.240. The number of rotatable bonds is 5. The summed E-state index contributed by atoms with van der Waals surface area (Å²) in [5.74, 6) is -0.0557. The standard InChI is InChI=1S/C16H12BrFN2O3S/c17-12-3-7-14(8-4-12)24(21,22)10-9-15-19-20-16(23-15)11-1-5-13(18)6-2-11/h1-8H,9-10H2. The van der Waals surface area contributed by atoms with E-state index in [1.54, 1.807) is 12.1 Å². The van der Waals surface area contributed by atoms with Gasteiger partial charge in [-0.3, -0.25) is 0 Å². The molecule has 0 bridgehead atoms. The van der Waals surface area contributed by atoms with E-state index in [4.69, 9.17) is 4.42 Å². The number of hydrogen-bond donors (Lipinski definition) is 0. The van der Waals surface area contributed by atoms with Crippen LogP contribution in [-0.4, -0.2) is 24.4 Å². The molecule has 0 atom stereocenters. The van der Waals surface area contributed by atoms with Crippen LogP contribution < -0.4 is 0 Å². The summed E-state index contributed by atoms with van der Waals surface area (Å²) in [5, 5.41) is 7.70. The molecule has 0 spiro atoms. The predicted octanol–water partition coefficient (Wildman–Crippen LogP) is 3.65. The summed E-state index contributed by atoms with van der Waals surface area (Å²) >= 11 is 3.27. The number of halogens is 2. The molecule has 3 rings (SSSR count). The van der Waals surface area contributed by atoms with Gasteiger partial charge in [-0.15, -0.1) is 10.2 Å². The van der Waals surface area contributed by atoms with Crippen molar-refractivity contribution in [2.24, 2.45) is 0 Å². The Morgan fingerprint density at radius 3 is 2.33 bits per heavy atom. The largest absolute Gasteiger partial charge is 0.421 e. The van der Waals surface area contributed by atoms with Gasteiger partial charge in [0.25, 0.3) is 0 Å². The first-order valence-corrected chi connectivity index (χ1v) is 9.45. The third-order valence-electron chi connectivity index (χ3n) is 3.32. The molecule has 0 saturated heterocycles. The van der Waals surface area contributed by atoms with E-state index in [9.17, 15) is 12.8 Å². The van der Waals surface area contributed by atoms with Gasteiger partial charge in [0.15, 0.2) is 9.84 Å². The van der Waals surface area contributed by atoms with Crippen LogP contribution >= 0.6 is 15.9 Å². The summed E-state index contributed by atoms with van der Waals surface area (Å²) in [6.07, 6.45) is 0.104. The van der Waals surface area contributed by atoms with Crippen molar-refractivity contribution < 1.29 is 17.2 Å². The monoisotopic (exact) mass is 410 g/mol. The van der Waals surface area contributed by atoms with Crippen molar-refractivity contribution in [1.29, 1.82) is 0 Å². The van der Waals surface area contributed by atoms with E-state index in [0.717, 1.165) is 4.47 Å². The Hall–Kier alpha value is -2.06. The first kappa shape index (κ1) is 16.8. The van der Waals surface area contributed by atoms with E-state index < -0.39 is 9.84 Å². The van der Waals surface area contributed by atoms with E-state index in [1.807, 2.05) is 0 Å². The third-order valence-corrected chi connectivity index (χ3v) is 5.58. The molecular weight excluding hydrogens is 399 g/mol. The van der Waals surface area contributed by atoms with Gasteiger partial charge < -0.3 is 4.42 Å². The molecule has 0 radical (unpaired) electrons. The van der Waals surface area contributed by atoms with Crippen molar-refractivity contribution in [2.45, 2.75) is 11.3 Å². The third kappa shape index (κ3) is 3.88. The molecule has 0 N–H and O–H groups in total. The summed E-state index contributed by atoms with van der Waals surface area (Å²) in [6, 6.07) is 12.0. The first-order chi connectivity index (χ1) is 11.4. The molecule has 0 aliphatic rings. The second-order valence-corrected chi connectivity index (χ2v) is 8.06. The summed E-state index contributed by atoms with van der Waals surface area (Å²) < 4.78 is 43.7. The SMILES string of the molecule is O=S(=O)(CCc1nnc(-c2ccc(F)cc2)o1)c1ccc(Br)cc1. The first-order valence-electron chi connectivity index (χ1n) is 7.01. The van der Waals surface area contributed by atoms with Crippen molar-refractivity contribution in [2.75, 3.05) is 5.75 Å². The zero-order valence-electron chi connectivity index (χ0n) is 12.3. The van der Waals surface area contributed by atoms with E-state index in [0.29, 0.717) is 5.56 Å². The van der Waals surface area contributed by atoms with Crippen molar-refractivity contribution in [3.05, 3.63) is 64.7 Å². The minimum absolute atomic E-state index is 0.104. The molecule has 0 unspecified atom stereocenters. The van der Waals surface area contributed by atoms with Crippen LogP contribution in [0.15, 0.2) is 62.3 Å². The fourth-order valence-corrected chi connectivity index (χ4v) is 3.54. The average molecular weight is 411 g/mol. The Bertz CT molecular complexity index is 938. The number of hydrogen-bond acceptors (Lipinski definition) is 5. The lowest BCUT2D eigenvalue weighted by atomic mass is 10.2. The van der Waals surface area contributed by atoms with Gasteiger partial charge in [-0.1, -0.05) is 15.9 Å². The molecule has 2 aromatic carbocycles. The molecule has 124 valence electrons. The van der Waals surface area contributed by atoms with Gasteiger partial charge in [-0.25, -0.2) is 12.8 Å². The predicted molar refractivity (Wildman–Crippen MR) is 89.6 cm³/mol. The van der Waals surface area contributed by atoms with Crippen LogP contribution in [0.25, 0.3) is 11.5 Å². The van der Waals surface area contributed by atoms with Gasteiger partial charge in [0.2, 0.25) is 11.8 Å². The highest BCUT2D eigenvalue weighted by Crippen LogP contribution is 2.20. The molecular formula is C16H12BrFN2O3S. The lowest BCUT2D eigenvalue weighted by Gasteiger charge is -2.02. The minimum atomic E-state index is -3.43. The van der Waals surface area contributed by atoms with Gasteiger partial charge >= 0.3 is 0 Å². The number of benzene rings is 2. The molecule has 8 heteroatoms. The zero-order valence-corrected chi connectivity index (χ0v) is 14.7. The Morgan fingerprint density at radius 2 is 1.67 bits per heavy atom. The Kier molecular flexibility index (Phi) is 4.77. The molecule has 0 fully saturated rings. The lowest BCUT2D eigenvalue weighted by Crippen LogP contribution is -2.09. The van der Waals surface area contributed by atoms with E-state index in [2.05, 4.69) is 26.1 Å². The molecule has 5 nitrogen and oxygen atoms in total. The minimum Gasteiger partial charge on any atom is -0.421 e. The van der Waals surface area contributed by atoms with E-state index in [1.165, 1.54) is 36.4 Å². The summed E-state index contributed by atoms with van der Waals surface area (Å²) in [5.41, 5.74) is 0.575. The Labute approximate surface area is 146 Å². The van der Waals surface area contributed by atoms with Crippen LogP contribution in [0.4, 0.5) is 4.39 Å². The fraction of sp³-hybridized carbons (Fsp3) is 0.125. The molecule has 1 aromatic heterocycles. The zero-order chi connectivity index (χ0) is 17.2. The van der Waals surface area contributed by atoms with Crippen LogP contribution in [0.5, 0.6) is 0 Å². The van der Waals surface area contributed by atoms with Crippen molar-refractivity contribution in [1.82, 2.24) is 10.2 Å². The molecule has 0 amide bonds. The second-order valence-electron chi connectivity index (χ2n) is 5.03. The maximum atomic E-state index is 12.9. The number of sulfone groups is 1. The Morgan fingerprint density at radius 1 is 1.00 bits per heavy atom. The van der Waals surface area contributed by atoms with Crippen LogP contribution in [0.3, 0.4) is 0 Å². The highest BCUT2D eigenvalue weighted by atomic mass is 79.9. The summed E-state index contributed by atoms with van der Waals surface area (Å²) in [7, 11) is -3.43. The van der Waals surface area contributed by atoms with Crippen LogP contribution in [0, 0.1) is 5.82 Å². The molecule has 24 heavy (non-hydrogen) atoms. The maximum absolute atomic E-state index is 12.9. The average Bonchev–Trinajstić information content (AvgIpc) is 3.03. The van der Waals surface area contributed by atoms with Gasteiger partial charge in [-0.2, -0.15) is 0 Å². The van der Waals surface area contributed by atoms with Gasteiger partial charge in [-0.05, 0) is 48.5 Å². The number of nitrogens with zero attached hydrogens (tertiary/aromatic N) is 2.